The predicted octanol–water partition coefficient (Wildman–Crippen LogP) is 3.41. The maximum atomic E-state index is 12.7. The van der Waals surface area contributed by atoms with E-state index in [4.69, 9.17) is 15.8 Å². The zero-order valence-electron chi connectivity index (χ0n) is 13.5. The molecule has 12 heteroatoms. The molecule has 2 aromatic heterocycles. The highest BCUT2D eigenvalue weighted by atomic mass is 35.5. The minimum Gasteiger partial charge on any atom is -0.375 e. The maximum absolute atomic E-state index is 12.7. The first-order valence-electron chi connectivity index (χ1n) is 7.24. The first-order chi connectivity index (χ1) is 12.6. The van der Waals surface area contributed by atoms with Crippen molar-refractivity contribution in [3.63, 3.8) is 0 Å². The van der Waals surface area contributed by atoms with E-state index in [0.29, 0.717) is 10.7 Å². The molecule has 0 N–H and O–H groups in total. The minimum atomic E-state index is -4.68. The Hall–Kier alpha value is -2.66. The quantitative estimate of drug-likeness (QED) is 0.603. The van der Waals surface area contributed by atoms with Crippen molar-refractivity contribution in [2.45, 2.75) is 18.0 Å². The van der Waals surface area contributed by atoms with Crippen molar-refractivity contribution < 1.29 is 25.8 Å². The Morgan fingerprint density at radius 1 is 1.11 bits per heavy atom. The fourth-order valence-electron chi connectivity index (χ4n) is 2.03. The van der Waals surface area contributed by atoms with E-state index in [9.17, 15) is 21.6 Å². The van der Waals surface area contributed by atoms with Gasteiger partial charge in [0.15, 0.2) is 16.6 Å². The molecule has 0 amide bonds. The molecule has 0 unspecified atom stereocenters. The number of rotatable bonds is 4. The Labute approximate surface area is 156 Å². The van der Waals surface area contributed by atoms with Gasteiger partial charge in [0.1, 0.15) is 4.90 Å². The summed E-state index contributed by atoms with van der Waals surface area (Å²) in [5.41, 5.74) is -0.355. The van der Waals surface area contributed by atoms with Gasteiger partial charge in [0, 0.05) is 12.3 Å². The normalized spacial score (nSPS) is 12.2. The summed E-state index contributed by atoms with van der Waals surface area (Å²) in [4.78, 5) is -0.150. The van der Waals surface area contributed by atoms with Crippen molar-refractivity contribution in [1.82, 2.24) is 20.0 Å². The molecule has 0 fully saturated rings. The summed E-state index contributed by atoms with van der Waals surface area (Å²) < 4.78 is 68.9. The van der Waals surface area contributed by atoms with Crippen LogP contribution in [0.3, 0.4) is 0 Å². The van der Waals surface area contributed by atoms with Gasteiger partial charge in [-0.15, -0.1) is 10.2 Å². The third kappa shape index (κ3) is 4.19. The van der Waals surface area contributed by atoms with Crippen molar-refractivity contribution >= 4 is 21.7 Å². The largest absolute Gasteiger partial charge is 0.435 e. The van der Waals surface area contributed by atoms with Gasteiger partial charge in [0.25, 0.3) is 0 Å². The molecule has 3 rings (SSSR count). The van der Waals surface area contributed by atoms with Gasteiger partial charge in [0.05, 0.1) is 0 Å². The highest BCUT2D eigenvalue weighted by Crippen LogP contribution is 2.30. The molecule has 2 heterocycles. The second-order valence-electron chi connectivity index (χ2n) is 5.35. The van der Waals surface area contributed by atoms with Gasteiger partial charge in [-0.3, -0.25) is 0 Å². The molecule has 7 nitrogen and oxygen atoms in total. The highest BCUT2D eigenvalue weighted by Gasteiger charge is 2.34. The highest BCUT2D eigenvalue weighted by molar-refractivity contribution is 7.87. The molecule has 0 aliphatic rings. The lowest BCUT2D eigenvalue weighted by Gasteiger charge is -2.11. The van der Waals surface area contributed by atoms with E-state index in [2.05, 4.69) is 15.3 Å². The van der Waals surface area contributed by atoms with Gasteiger partial charge in [-0.2, -0.15) is 26.7 Å². The number of hydrogen-bond acceptors (Lipinski definition) is 6. The molecule has 0 spiro atoms. The first-order valence-corrected chi connectivity index (χ1v) is 9.02. The zero-order chi connectivity index (χ0) is 19.8. The Bertz CT molecular complexity index is 1080. The van der Waals surface area contributed by atoms with Crippen LogP contribution in [0.15, 0.2) is 47.5 Å². The van der Waals surface area contributed by atoms with Gasteiger partial charge in [-0.25, -0.2) is 4.68 Å². The lowest BCUT2D eigenvalue weighted by atomic mass is 10.2. The van der Waals surface area contributed by atoms with E-state index in [1.165, 1.54) is 12.1 Å². The maximum Gasteiger partial charge on any atom is 0.435 e. The number of nitrogens with zero attached hydrogens (tertiary/aromatic N) is 4. The summed E-state index contributed by atoms with van der Waals surface area (Å²) in [6.45, 7) is 1.78. The van der Waals surface area contributed by atoms with Crippen molar-refractivity contribution in [2.24, 2.45) is 0 Å². The monoisotopic (exact) mass is 418 g/mol. The molecule has 0 radical (unpaired) electrons. The predicted molar refractivity (Wildman–Crippen MR) is 88.2 cm³/mol. The summed E-state index contributed by atoms with van der Waals surface area (Å²) in [6, 6.07) is 7.52. The summed E-state index contributed by atoms with van der Waals surface area (Å²) >= 11 is 5.72. The fraction of sp³-hybridized carbons (Fsp3) is 0.133. The first kappa shape index (κ1) is 19.1. The topological polar surface area (TPSA) is 87.0 Å². The van der Waals surface area contributed by atoms with Crippen LogP contribution in [0.5, 0.6) is 5.75 Å². The molecule has 0 atom stereocenters. The van der Waals surface area contributed by atoms with Crippen molar-refractivity contribution in [1.29, 1.82) is 0 Å². The number of benzene rings is 1. The van der Waals surface area contributed by atoms with E-state index in [-0.39, 0.29) is 15.9 Å². The van der Waals surface area contributed by atoms with E-state index < -0.39 is 27.7 Å². The summed E-state index contributed by atoms with van der Waals surface area (Å²) in [6.07, 6.45) is -3.73. The Morgan fingerprint density at radius 2 is 1.78 bits per heavy atom. The molecular formula is C15H10ClF3N4O3S. The van der Waals surface area contributed by atoms with Crippen LogP contribution in [0, 0.1) is 6.92 Å². The van der Waals surface area contributed by atoms with Crippen LogP contribution >= 0.6 is 11.6 Å². The fourth-order valence-corrected chi connectivity index (χ4v) is 3.09. The van der Waals surface area contributed by atoms with Crippen LogP contribution in [0.4, 0.5) is 13.2 Å². The lowest BCUT2D eigenvalue weighted by molar-refractivity contribution is -0.141. The average Bonchev–Trinajstić information content (AvgIpc) is 3.05. The molecule has 142 valence electrons. The number of aryl methyl sites for hydroxylation is 1. The minimum absolute atomic E-state index is 0.150. The second kappa shape index (κ2) is 6.82. The van der Waals surface area contributed by atoms with Crippen LogP contribution in [0.1, 0.15) is 11.3 Å². The molecule has 3 aromatic rings. The smallest absolute Gasteiger partial charge is 0.375 e. The van der Waals surface area contributed by atoms with Crippen LogP contribution in [-0.4, -0.2) is 28.4 Å². The third-order valence-electron chi connectivity index (χ3n) is 3.32. The SMILES string of the molecule is Cc1ccc(S(=O)(=O)Oc2cc(Cl)nnc2-n2ccc(C(F)(F)F)n2)cc1. The molecule has 27 heavy (non-hydrogen) atoms. The van der Waals surface area contributed by atoms with E-state index in [1.807, 2.05) is 0 Å². The third-order valence-corrected chi connectivity index (χ3v) is 4.75. The second-order valence-corrected chi connectivity index (χ2v) is 7.28. The van der Waals surface area contributed by atoms with Crippen LogP contribution in [0.2, 0.25) is 5.15 Å². The van der Waals surface area contributed by atoms with Crippen molar-refractivity contribution in [3.8, 4) is 11.6 Å². The number of hydrogen-bond donors (Lipinski definition) is 0. The summed E-state index contributed by atoms with van der Waals surface area (Å²) in [7, 11) is -4.29. The number of alkyl halides is 3. The van der Waals surface area contributed by atoms with E-state index in [0.717, 1.165) is 17.8 Å². The zero-order valence-corrected chi connectivity index (χ0v) is 15.0. The summed E-state index contributed by atoms with van der Waals surface area (Å²) in [5.74, 6) is -0.794. The van der Waals surface area contributed by atoms with Gasteiger partial charge in [-0.05, 0) is 25.1 Å². The molecule has 1 aromatic carbocycles. The van der Waals surface area contributed by atoms with Gasteiger partial charge >= 0.3 is 16.3 Å². The Balaban J connectivity index is 2.02. The van der Waals surface area contributed by atoms with Crippen molar-refractivity contribution in [2.75, 3.05) is 0 Å². The van der Waals surface area contributed by atoms with Gasteiger partial charge in [-0.1, -0.05) is 29.3 Å². The van der Waals surface area contributed by atoms with Crippen LogP contribution in [0.25, 0.3) is 5.82 Å². The van der Waals surface area contributed by atoms with E-state index >= 15 is 0 Å². The number of halogens is 4. The van der Waals surface area contributed by atoms with Gasteiger partial charge < -0.3 is 4.18 Å². The van der Waals surface area contributed by atoms with Crippen molar-refractivity contribution in [3.05, 3.63) is 59.0 Å². The molecule has 0 bridgehead atoms. The molecule has 0 aliphatic heterocycles. The summed E-state index contributed by atoms with van der Waals surface area (Å²) in [5, 5.41) is 10.2. The Kier molecular flexibility index (Phi) is 4.82. The average molecular weight is 419 g/mol. The number of aromatic nitrogens is 4. The van der Waals surface area contributed by atoms with E-state index in [1.54, 1.807) is 19.1 Å². The standard InChI is InChI=1S/C15H10ClF3N4O3S/c1-9-2-4-10(5-3-9)27(24,25)26-11-8-13(16)20-21-14(11)23-7-6-12(22-23)15(17,18)19/h2-8H,1H3. The van der Waals surface area contributed by atoms with Crippen LogP contribution in [-0.2, 0) is 16.3 Å². The molecular weight excluding hydrogens is 409 g/mol. The van der Waals surface area contributed by atoms with Crippen LogP contribution < -0.4 is 4.18 Å². The molecule has 0 aliphatic carbocycles. The molecule has 0 saturated carbocycles. The molecule has 0 saturated heterocycles. The van der Waals surface area contributed by atoms with Gasteiger partial charge in [0.2, 0.25) is 5.82 Å². The Morgan fingerprint density at radius 3 is 2.37 bits per heavy atom. The lowest BCUT2D eigenvalue weighted by Crippen LogP contribution is -2.14.